The molecule has 1 aliphatic carbocycles. The molecule has 2 N–H and O–H groups in total. The Morgan fingerprint density at radius 2 is 1.85 bits per heavy atom. The Kier molecular flexibility index (Phi) is 6.38. The zero-order valence-corrected chi connectivity index (χ0v) is 22.5. The molecule has 4 heterocycles. The summed E-state index contributed by atoms with van der Waals surface area (Å²) in [5.41, 5.74) is 3.78. The van der Waals surface area contributed by atoms with Gasteiger partial charge in [-0.2, -0.15) is 0 Å². The lowest BCUT2D eigenvalue weighted by atomic mass is 9.82. The van der Waals surface area contributed by atoms with E-state index >= 15 is 4.39 Å². The first kappa shape index (κ1) is 25.5. The Labute approximate surface area is 227 Å². The van der Waals surface area contributed by atoms with Gasteiger partial charge in [-0.3, -0.25) is 0 Å². The van der Waals surface area contributed by atoms with Gasteiger partial charge in [0, 0.05) is 43.0 Å². The predicted octanol–water partition coefficient (Wildman–Crippen LogP) is 6.58. The van der Waals surface area contributed by atoms with Crippen molar-refractivity contribution in [3.63, 3.8) is 0 Å². The second-order valence-electron chi connectivity index (χ2n) is 11.3. The van der Waals surface area contributed by atoms with Crippen LogP contribution in [0.25, 0.3) is 16.5 Å². The second kappa shape index (κ2) is 9.75. The van der Waals surface area contributed by atoms with Gasteiger partial charge >= 0.3 is 0 Å². The van der Waals surface area contributed by atoms with E-state index in [2.05, 4.69) is 35.5 Å². The molecule has 1 unspecified atom stereocenters. The fourth-order valence-corrected chi connectivity index (χ4v) is 5.72. The molecule has 1 atom stereocenters. The summed E-state index contributed by atoms with van der Waals surface area (Å²) in [6, 6.07) is 6.08. The molecule has 8 heteroatoms. The first-order chi connectivity index (χ1) is 18.7. The molecule has 6 rings (SSSR count). The van der Waals surface area contributed by atoms with E-state index in [9.17, 15) is 4.39 Å². The van der Waals surface area contributed by atoms with Crippen LogP contribution in [0.5, 0.6) is 0 Å². The van der Waals surface area contributed by atoms with Gasteiger partial charge in [0.15, 0.2) is 0 Å². The molecule has 202 valence electrons. The van der Waals surface area contributed by atoms with Crippen molar-refractivity contribution in [3.05, 3.63) is 83.9 Å². The molecule has 2 aliphatic heterocycles. The van der Waals surface area contributed by atoms with Gasteiger partial charge in [-0.05, 0) is 49.1 Å². The predicted molar refractivity (Wildman–Crippen MR) is 152 cm³/mol. The summed E-state index contributed by atoms with van der Waals surface area (Å²) < 4.78 is 35.3. The van der Waals surface area contributed by atoms with Gasteiger partial charge in [-0.15, -0.1) is 0 Å². The van der Waals surface area contributed by atoms with Crippen molar-refractivity contribution >= 4 is 33.7 Å². The molecule has 1 saturated heterocycles. The van der Waals surface area contributed by atoms with Crippen LogP contribution < -0.4 is 15.5 Å². The smallest absolute Gasteiger partial charge is 0.137 e. The number of fused-ring (bicyclic) bond motifs is 1. The number of anilines is 3. The third-order valence-electron chi connectivity index (χ3n) is 8.01. The number of morpholine rings is 1. The highest BCUT2D eigenvalue weighted by atomic mass is 19.1. The van der Waals surface area contributed by atoms with Gasteiger partial charge in [0.1, 0.15) is 17.5 Å². The van der Waals surface area contributed by atoms with Crippen LogP contribution >= 0.6 is 0 Å². The van der Waals surface area contributed by atoms with Crippen LogP contribution in [-0.4, -0.2) is 36.3 Å². The molecule has 2 aromatic heterocycles. The van der Waals surface area contributed by atoms with E-state index in [1.807, 2.05) is 49.7 Å². The molecular formula is C31H33F2N5O. The van der Waals surface area contributed by atoms with E-state index in [0.29, 0.717) is 24.6 Å². The number of aromatic nitrogens is 2. The molecule has 3 aliphatic rings. The number of rotatable bonds is 5. The first-order valence-electron chi connectivity index (χ1n) is 13.5. The normalized spacial score (nSPS) is 22.2. The van der Waals surface area contributed by atoms with Crippen LogP contribution in [0.2, 0.25) is 0 Å². The zero-order chi connectivity index (χ0) is 27.2. The van der Waals surface area contributed by atoms with Crippen molar-refractivity contribution in [1.82, 2.24) is 15.3 Å². The molecule has 0 bridgehead atoms. The Morgan fingerprint density at radius 3 is 2.56 bits per heavy atom. The number of dihydropyridines is 1. The van der Waals surface area contributed by atoms with Crippen LogP contribution in [0, 0.1) is 17.0 Å². The Hall–Kier alpha value is -3.78. The molecule has 39 heavy (non-hydrogen) atoms. The monoisotopic (exact) mass is 529 g/mol. The van der Waals surface area contributed by atoms with E-state index in [0.717, 1.165) is 49.1 Å². The summed E-state index contributed by atoms with van der Waals surface area (Å²) in [6.07, 6.45) is 13.9. The minimum Gasteiger partial charge on any atom is -0.378 e. The Morgan fingerprint density at radius 1 is 1.03 bits per heavy atom. The van der Waals surface area contributed by atoms with E-state index in [1.54, 1.807) is 0 Å². The lowest BCUT2D eigenvalue weighted by Crippen LogP contribution is -2.36. The number of ether oxygens (including phenoxy) is 1. The summed E-state index contributed by atoms with van der Waals surface area (Å²) >= 11 is 0. The average molecular weight is 530 g/mol. The van der Waals surface area contributed by atoms with E-state index < -0.39 is 17.2 Å². The molecule has 1 aromatic carbocycles. The van der Waals surface area contributed by atoms with Gasteiger partial charge in [0.2, 0.25) is 0 Å². The molecule has 1 fully saturated rings. The maximum absolute atomic E-state index is 15.4. The Balaban J connectivity index is 1.52. The zero-order valence-electron chi connectivity index (χ0n) is 22.5. The highest BCUT2D eigenvalue weighted by Crippen LogP contribution is 2.47. The minimum absolute atomic E-state index is 0.0188. The maximum Gasteiger partial charge on any atom is 0.137 e. The summed E-state index contributed by atoms with van der Waals surface area (Å²) in [7, 11) is 0. The molecule has 0 amide bonds. The van der Waals surface area contributed by atoms with Crippen molar-refractivity contribution in [2.45, 2.75) is 39.2 Å². The SMILES string of the molecule is CC1(C)CCC=C1c1cnc(N2CCOCC2)cc1Nc1cc(C2(C)C=CC=CN2)nc2cc(F)cc(F)c12. The van der Waals surface area contributed by atoms with E-state index in [4.69, 9.17) is 14.7 Å². The standard InChI is InChI=1S/C31H33F2N5O/c1-30(2)8-6-7-22(30)21-19-34-28(38-11-13-39-14-12-38)18-24(21)36-26-17-27(31(3)9-4-5-10-35-31)37-25-16-20(32)15-23(33)29(25)26/h4-5,7,9-10,15-19,35H,6,8,11-14H2,1-3H3,(H,34,36,37). The van der Waals surface area contributed by atoms with Crippen LogP contribution in [0.15, 0.2) is 61.0 Å². The van der Waals surface area contributed by atoms with Crippen LogP contribution in [0.1, 0.15) is 44.9 Å². The average Bonchev–Trinajstić information content (AvgIpc) is 3.27. The number of hydrogen-bond acceptors (Lipinski definition) is 6. The number of halogens is 2. The van der Waals surface area contributed by atoms with Crippen molar-refractivity contribution in [1.29, 1.82) is 0 Å². The van der Waals surface area contributed by atoms with Crippen molar-refractivity contribution in [2.24, 2.45) is 5.41 Å². The van der Waals surface area contributed by atoms with Crippen molar-refractivity contribution < 1.29 is 13.5 Å². The molecule has 0 spiro atoms. The molecule has 0 saturated carbocycles. The molecule has 6 nitrogen and oxygen atoms in total. The summed E-state index contributed by atoms with van der Waals surface area (Å²) in [5.74, 6) is -0.488. The number of hydrogen-bond donors (Lipinski definition) is 2. The highest BCUT2D eigenvalue weighted by Gasteiger charge is 2.31. The first-order valence-corrected chi connectivity index (χ1v) is 13.5. The molecule has 3 aromatic rings. The number of nitrogens with one attached hydrogen (secondary N) is 2. The lowest BCUT2D eigenvalue weighted by molar-refractivity contribution is 0.122. The number of nitrogens with zero attached hydrogens (tertiary/aromatic N) is 3. The van der Waals surface area contributed by atoms with Gasteiger partial charge < -0.3 is 20.3 Å². The van der Waals surface area contributed by atoms with Gasteiger partial charge in [0.25, 0.3) is 0 Å². The fourth-order valence-electron chi connectivity index (χ4n) is 5.72. The van der Waals surface area contributed by atoms with Crippen molar-refractivity contribution in [2.75, 3.05) is 36.5 Å². The quantitative estimate of drug-likeness (QED) is 0.389. The maximum atomic E-state index is 15.4. The Bertz CT molecular complexity index is 1520. The summed E-state index contributed by atoms with van der Waals surface area (Å²) in [6.45, 7) is 9.26. The highest BCUT2D eigenvalue weighted by molar-refractivity contribution is 5.96. The molecule has 0 radical (unpaired) electrons. The van der Waals surface area contributed by atoms with Gasteiger partial charge in [-0.1, -0.05) is 32.1 Å². The summed E-state index contributed by atoms with van der Waals surface area (Å²) in [4.78, 5) is 11.7. The van der Waals surface area contributed by atoms with Crippen LogP contribution in [0.4, 0.5) is 26.0 Å². The summed E-state index contributed by atoms with van der Waals surface area (Å²) in [5, 5.41) is 7.13. The molecular weight excluding hydrogens is 496 g/mol. The number of pyridine rings is 2. The van der Waals surface area contributed by atoms with E-state index in [-0.39, 0.29) is 16.3 Å². The second-order valence-corrected chi connectivity index (χ2v) is 11.3. The van der Waals surface area contributed by atoms with Gasteiger partial charge in [0.05, 0.1) is 46.7 Å². The fraction of sp³-hybridized carbons (Fsp3) is 0.355. The lowest BCUT2D eigenvalue weighted by Gasteiger charge is -2.31. The number of benzene rings is 1. The third-order valence-corrected chi connectivity index (χ3v) is 8.01. The minimum atomic E-state index is -0.662. The van der Waals surface area contributed by atoms with E-state index in [1.165, 1.54) is 11.6 Å². The topological polar surface area (TPSA) is 62.3 Å². The van der Waals surface area contributed by atoms with Crippen LogP contribution in [0.3, 0.4) is 0 Å². The van der Waals surface area contributed by atoms with Crippen LogP contribution in [-0.2, 0) is 10.3 Å². The third kappa shape index (κ3) is 4.78. The van der Waals surface area contributed by atoms with Gasteiger partial charge in [-0.25, -0.2) is 18.7 Å². The number of allylic oxidation sites excluding steroid dienone is 4. The van der Waals surface area contributed by atoms with Crippen molar-refractivity contribution in [3.8, 4) is 0 Å². The largest absolute Gasteiger partial charge is 0.378 e.